The number of aromatic amines is 1. The van der Waals surface area contributed by atoms with E-state index in [1.807, 2.05) is 18.5 Å². The van der Waals surface area contributed by atoms with Crippen molar-refractivity contribution < 1.29 is 4.79 Å². The number of carbonyl (C=O) groups is 1. The molecular formula is C23H28N6O. The Morgan fingerprint density at radius 1 is 1.17 bits per heavy atom. The Labute approximate surface area is 176 Å². The van der Waals surface area contributed by atoms with Gasteiger partial charge in [0.1, 0.15) is 5.82 Å². The van der Waals surface area contributed by atoms with Crippen molar-refractivity contribution in [1.29, 1.82) is 0 Å². The number of benzene rings is 1. The van der Waals surface area contributed by atoms with Gasteiger partial charge in [-0.25, -0.2) is 4.98 Å². The van der Waals surface area contributed by atoms with Gasteiger partial charge in [0.15, 0.2) is 0 Å². The maximum Gasteiger partial charge on any atom is 0.236 e. The summed E-state index contributed by atoms with van der Waals surface area (Å²) < 4.78 is 0. The van der Waals surface area contributed by atoms with Crippen molar-refractivity contribution in [2.75, 3.05) is 55.6 Å². The summed E-state index contributed by atoms with van der Waals surface area (Å²) in [6.07, 6.45) is 4.98. The lowest BCUT2D eigenvalue weighted by Crippen LogP contribution is -2.47. The number of para-hydroxylation sites is 1. The summed E-state index contributed by atoms with van der Waals surface area (Å²) in [5.41, 5.74) is 9.05. The third-order valence-electron chi connectivity index (χ3n) is 6.42. The van der Waals surface area contributed by atoms with Crippen LogP contribution in [0.15, 0.2) is 48.8 Å². The van der Waals surface area contributed by atoms with Gasteiger partial charge in [-0.2, -0.15) is 0 Å². The zero-order chi connectivity index (χ0) is 20.5. The van der Waals surface area contributed by atoms with E-state index < -0.39 is 0 Å². The van der Waals surface area contributed by atoms with E-state index in [-0.39, 0.29) is 5.91 Å². The van der Waals surface area contributed by atoms with Crippen LogP contribution in [0.1, 0.15) is 17.9 Å². The molecule has 2 aromatic heterocycles. The number of hydrogen-bond acceptors (Lipinski definition) is 5. The molecule has 30 heavy (non-hydrogen) atoms. The van der Waals surface area contributed by atoms with Crippen LogP contribution in [0, 0.1) is 0 Å². The number of pyridine rings is 1. The summed E-state index contributed by atoms with van der Waals surface area (Å²) in [5, 5.41) is 1.21. The molecule has 0 radical (unpaired) electrons. The summed E-state index contributed by atoms with van der Waals surface area (Å²) >= 11 is 0. The van der Waals surface area contributed by atoms with Crippen LogP contribution in [0.2, 0.25) is 0 Å². The molecule has 1 unspecified atom stereocenters. The average Bonchev–Trinajstić information content (AvgIpc) is 3.37. The topological polar surface area (TPSA) is 81.5 Å². The fourth-order valence-electron chi connectivity index (χ4n) is 4.82. The SMILES string of the molecule is NC(=O)CN1CC(CCN2CCN(c3cc4cc[nH]c4cn3)CC2)c2ccccc21. The zero-order valence-corrected chi connectivity index (χ0v) is 17.1. The lowest BCUT2D eigenvalue weighted by Gasteiger charge is -2.35. The molecule has 0 saturated carbocycles. The summed E-state index contributed by atoms with van der Waals surface area (Å²) in [6, 6.07) is 12.7. The number of rotatable bonds is 6. The van der Waals surface area contributed by atoms with E-state index in [1.165, 1.54) is 10.9 Å². The van der Waals surface area contributed by atoms with Crippen molar-refractivity contribution in [3.8, 4) is 0 Å². The second-order valence-corrected chi connectivity index (χ2v) is 8.33. The molecule has 5 rings (SSSR count). The average molecular weight is 405 g/mol. The molecule has 156 valence electrons. The van der Waals surface area contributed by atoms with Gasteiger partial charge in [-0.3, -0.25) is 9.69 Å². The normalized spacial score (nSPS) is 19.4. The molecule has 7 heteroatoms. The molecule has 0 aliphatic carbocycles. The summed E-state index contributed by atoms with van der Waals surface area (Å²) in [6.45, 7) is 6.34. The highest BCUT2D eigenvalue weighted by molar-refractivity contribution is 5.81. The number of H-pyrrole nitrogens is 1. The monoisotopic (exact) mass is 404 g/mol. The van der Waals surface area contributed by atoms with Crippen molar-refractivity contribution in [3.05, 3.63) is 54.4 Å². The number of nitrogens with one attached hydrogen (secondary N) is 1. The number of nitrogens with two attached hydrogens (primary N) is 1. The molecule has 0 bridgehead atoms. The molecule has 1 amide bonds. The summed E-state index contributed by atoms with van der Waals surface area (Å²) in [4.78, 5) is 26.3. The highest BCUT2D eigenvalue weighted by Gasteiger charge is 2.29. The van der Waals surface area contributed by atoms with Crippen LogP contribution in [0.25, 0.3) is 10.9 Å². The lowest BCUT2D eigenvalue weighted by molar-refractivity contribution is -0.116. The quantitative estimate of drug-likeness (QED) is 0.658. The Hall–Kier alpha value is -3.06. The Morgan fingerprint density at radius 2 is 2.00 bits per heavy atom. The summed E-state index contributed by atoms with van der Waals surface area (Å²) in [5.74, 6) is 1.25. The van der Waals surface area contributed by atoms with E-state index in [0.717, 1.165) is 62.7 Å². The lowest BCUT2D eigenvalue weighted by atomic mass is 9.97. The predicted molar refractivity (Wildman–Crippen MR) is 120 cm³/mol. The molecule has 1 fully saturated rings. The number of anilines is 2. The van der Waals surface area contributed by atoms with E-state index in [4.69, 9.17) is 5.73 Å². The van der Waals surface area contributed by atoms with Crippen LogP contribution >= 0.6 is 0 Å². The Morgan fingerprint density at radius 3 is 2.83 bits per heavy atom. The van der Waals surface area contributed by atoms with Crippen LogP contribution in [0.4, 0.5) is 11.5 Å². The highest BCUT2D eigenvalue weighted by atomic mass is 16.1. The maximum atomic E-state index is 11.4. The fourth-order valence-corrected chi connectivity index (χ4v) is 4.82. The van der Waals surface area contributed by atoms with Crippen molar-refractivity contribution in [1.82, 2.24) is 14.9 Å². The van der Waals surface area contributed by atoms with Crippen LogP contribution in [-0.2, 0) is 4.79 Å². The number of aromatic nitrogens is 2. The number of fused-ring (bicyclic) bond motifs is 2. The minimum atomic E-state index is -0.270. The van der Waals surface area contributed by atoms with Crippen LogP contribution < -0.4 is 15.5 Å². The summed E-state index contributed by atoms with van der Waals surface area (Å²) in [7, 11) is 0. The molecule has 1 atom stereocenters. The zero-order valence-electron chi connectivity index (χ0n) is 17.1. The molecule has 3 N–H and O–H groups in total. The second kappa shape index (κ2) is 7.99. The van der Waals surface area contributed by atoms with Gasteiger partial charge < -0.3 is 20.5 Å². The van der Waals surface area contributed by atoms with Gasteiger partial charge in [-0.15, -0.1) is 0 Å². The van der Waals surface area contributed by atoms with Crippen molar-refractivity contribution in [3.63, 3.8) is 0 Å². The van der Waals surface area contributed by atoms with Gasteiger partial charge in [0.25, 0.3) is 0 Å². The first-order valence-electron chi connectivity index (χ1n) is 10.7. The minimum absolute atomic E-state index is 0.270. The predicted octanol–water partition coefficient (Wildman–Crippen LogP) is 2.16. The molecule has 0 spiro atoms. The van der Waals surface area contributed by atoms with E-state index in [1.54, 1.807) is 0 Å². The van der Waals surface area contributed by atoms with Crippen LogP contribution in [0.5, 0.6) is 0 Å². The first kappa shape index (κ1) is 18.9. The smallest absolute Gasteiger partial charge is 0.236 e. The van der Waals surface area contributed by atoms with Gasteiger partial charge in [0, 0.05) is 55.9 Å². The molecule has 7 nitrogen and oxygen atoms in total. The molecular weight excluding hydrogens is 376 g/mol. The number of carbonyl (C=O) groups excluding carboxylic acids is 1. The first-order valence-corrected chi connectivity index (χ1v) is 10.7. The largest absolute Gasteiger partial charge is 0.368 e. The van der Waals surface area contributed by atoms with Crippen LogP contribution in [0.3, 0.4) is 0 Å². The second-order valence-electron chi connectivity index (χ2n) is 8.33. The number of nitrogens with zero attached hydrogens (tertiary/aromatic N) is 4. The molecule has 1 saturated heterocycles. The van der Waals surface area contributed by atoms with Crippen molar-refractivity contribution >= 4 is 28.3 Å². The number of piperazine rings is 1. The Bertz CT molecular complexity index is 1040. The van der Waals surface area contributed by atoms with Gasteiger partial charge in [0.2, 0.25) is 5.91 Å². The third kappa shape index (κ3) is 3.73. The Kier molecular flexibility index (Phi) is 5.04. The van der Waals surface area contributed by atoms with Gasteiger partial charge in [0.05, 0.1) is 18.3 Å². The van der Waals surface area contributed by atoms with Gasteiger partial charge >= 0.3 is 0 Å². The maximum absolute atomic E-state index is 11.4. The van der Waals surface area contributed by atoms with E-state index in [9.17, 15) is 4.79 Å². The van der Waals surface area contributed by atoms with Gasteiger partial charge in [-0.05, 0) is 36.7 Å². The molecule has 1 aromatic carbocycles. The molecule has 2 aliphatic rings. The van der Waals surface area contributed by atoms with Gasteiger partial charge in [-0.1, -0.05) is 18.2 Å². The minimum Gasteiger partial charge on any atom is -0.368 e. The van der Waals surface area contributed by atoms with Crippen molar-refractivity contribution in [2.24, 2.45) is 5.73 Å². The van der Waals surface area contributed by atoms with E-state index in [0.29, 0.717) is 12.5 Å². The Balaban J connectivity index is 1.17. The molecule has 3 aromatic rings. The fraction of sp³-hybridized carbons (Fsp3) is 0.391. The van der Waals surface area contributed by atoms with Crippen molar-refractivity contribution in [2.45, 2.75) is 12.3 Å². The molecule has 4 heterocycles. The standard InChI is InChI=1S/C23H28N6O/c24-22(30)16-29-15-18(19-3-1-2-4-21(19)29)6-8-27-9-11-28(12-10-27)23-13-17-5-7-25-20(17)14-26-23/h1-5,7,13-14,18,25H,6,8-12,15-16H2,(H2,24,30). The number of amides is 1. The third-order valence-corrected chi connectivity index (χ3v) is 6.42. The van der Waals surface area contributed by atoms with E-state index >= 15 is 0 Å². The molecule has 2 aliphatic heterocycles. The highest BCUT2D eigenvalue weighted by Crippen LogP contribution is 2.37. The van der Waals surface area contributed by atoms with Crippen LogP contribution in [-0.4, -0.2) is 66.6 Å². The number of hydrogen-bond donors (Lipinski definition) is 2. The first-order chi connectivity index (χ1) is 14.7. The number of primary amides is 1. The van der Waals surface area contributed by atoms with E-state index in [2.05, 4.69) is 55.0 Å².